The molecule has 0 aromatic heterocycles. The van der Waals surface area contributed by atoms with Gasteiger partial charge in [0.05, 0.1) is 6.42 Å². The molecule has 2 aromatic carbocycles. The zero-order valence-electron chi connectivity index (χ0n) is 20.2. The first-order chi connectivity index (χ1) is 17.0. The molecule has 7 nitrogen and oxygen atoms in total. The lowest BCUT2D eigenvalue weighted by atomic mass is 9.95. The predicted octanol–water partition coefficient (Wildman–Crippen LogP) is 4.84. The molecule has 1 fully saturated rings. The molecule has 35 heavy (non-hydrogen) atoms. The van der Waals surface area contributed by atoms with E-state index in [2.05, 4.69) is 34.9 Å². The summed E-state index contributed by atoms with van der Waals surface area (Å²) in [4.78, 5) is 36.6. The van der Waals surface area contributed by atoms with Crippen LogP contribution in [0, 0.1) is 5.92 Å². The van der Waals surface area contributed by atoms with Crippen molar-refractivity contribution in [3.63, 3.8) is 0 Å². The quantitative estimate of drug-likeness (QED) is 0.453. The van der Waals surface area contributed by atoms with Gasteiger partial charge in [0.2, 0.25) is 5.91 Å². The summed E-state index contributed by atoms with van der Waals surface area (Å²) in [5.41, 5.74) is 4.62. The monoisotopic (exact) mass is 478 g/mol. The minimum absolute atomic E-state index is 0.0280. The Morgan fingerprint density at radius 1 is 0.943 bits per heavy atom. The van der Waals surface area contributed by atoms with E-state index in [9.17, 15) is 19.5 Å². The minimum atomic E-state index is -0.911. The maximum absolute atomic E-state index is 12.7. The second-order valence-corrected chi connectivity index (χ2v) is 9.60. The Bertz CT molecular complexity index is 1020. The van der Waals surface area contributed by atoms with Crippen LogP contribution in [0.2, 0.25) is 0 Å². The molecule has 1 saturated carbocycles. The Morgan fingerprint density at radius 2 is 1.54 bits per heavy atom. The topological polar surface area (TPSA) is 105 Å². The first-order valence-corrected chi connectivity index (χ1v) is 12.6. The predicted molar refractivity (Wildman–Crippen MR) is 133 cm³/mol. The summed E-state index contributed by atoms with van der Waals surface area (Å²) in [6.07, 6.45) is 4.03. The van der Waals surface area contributed by atoms with E-state index in [1.54, 1.807) is 0 Å². The van der Waals surface area contributed by atoms with Crippen LogP contribution in [0.3, 0.4) is 0 Å². The van der Waals surface area contributed by atoms with Gasteiger partial charge in [0.25, 0.3) is 0 Å². The van der Waals surface area contributed by atoms with Gasteiger partial charge in [0.1, 0.15) is 6.61 Å². The highest BCUT2D eigenvalue weighted by Gasteiger charge is 2.30. The van der Waals surface area contributed by atoms with Crippen LogP contribution in [0.5, 0.6) is 0 Å². The molecule has 0 radical (unpaired) electrons. The van der Waals surface area contributed by atoms with Crippen molar-refractivity contribution < 1.29 is 24.2 Å². The number of hydrogen-bond donors (Lipinski definition) is 3. The molecule has 2 aromatic rings. The first kappa shape index (κ1) is 24.8. The van der Waals surface area contributed by atoms with Crippen LogP contribution in [0.15, 0.2) is 48.5 Å². The fraction of sp³-hybridized carbons (Fsp3) is 0.464. The molecule has 2 aliphatic rings. The third kappa shape index (κ3) is 6.02. The van der Waals surface area contributed by atoms with Gasteiger partial charge in [-0.2, -0.15) is 0 Å². The van der Waals surface area contributed by atoms with Crippen molar-refractivity contribution in [2.24, 2.45) is 5.92 Å². The number of carboxylic acids is 1. The smallest absolute Gasteiger partial charge is 0.407 e. The number of hydrogen-bond acceptors (Lipinski definition) is 4. The van der Waals surface area contributed by atoms with E-state index in [1.165, 1.54) is 11.1 Å². The zero-order valence-corrected chi connectivity index (χ0v) is 20.2. The second kappa shape index (κ2) is 11.4. The zero-order chi connectivity index (χ0) is 24.8. The normalized spacial score (nSPS) is 16.7. The molecule has 0 aliphatic heterocycles. The van der Waals surface area contributed by atoms with Gasteiger partial charge in [-0.05, 0) is 47.4 Å². The number of rotatable bonds is 10. The molecule has 4 rings (SSSR count). The minimum Gasteiger partial charge on any atom is -0.481 e. The molecule has 0 bridgehead atoms. The largest absolute Gasteiger partial charge is 0.481 e. The molecule has 7 heteroatoms. The number of carbonyl (C=O) groups is 3. The fourth-order valence-corrected chi connectivity index (χ4v) is 5.48. The summed E-state index contributed by atoms with van der Waals surface area (Å²) >= 11 is 0. The molecule has 186 valence electrons. The summed E-state index contributed by atoms with van der Waals surface area (Å²) < 4.78 is 5.61. The average Bonchev–Trinajstić information content (AvgIpc) is 3.49. The van der Waals surface area contributed by atoms with Gasteiger partial charge in [-0.1, -0.05) is 68.3 Å². The highest BCUT2D eigenvalue weighted by atomic mass is 16.5. The lowest BCUT2D eigenvalue weighted by Crippen LogP contribution is -2.45. The maximum atomic E-state index is 12.7. The molecular formula is C28H34N2O5. The van der Waals surface area contributed by atoms with Gasteiger partial charge in [-0.3, -0.25) is 9.59 Å². The number of aliphatic carboxylic acids is 1. The number of amides is 2. The summed E-state index contributed by atoms with van der Waals surface area (Å²) in [5.74, 6) is -0.982. The fourth-order valence-electron chi connectivity index (χ4n) is 5.48. The van der Waals surface area contributed by atoms with E-state index in [-0.39, 0.29) is 49.3 Å². The Balaban J connectivity index is 1.31. The van der Waals surface area contributed by atoms with Crippen molar-refractivity contribution >= 4 is 18.0 Å². The molecule has 0 spiro atoms. The number of fused-ring (bicyclic) bond motifs is 3. The number of carbonyl (C=O) groups excluding carboxylic acids is 2. The van der Waals surface area contributed by atoms with Crippen LogP contribution in [-0.4, -0.2) is 41.8 Å². The van der Waals surface area contributed by atoms with Crippen molar-refractivity contribution in [1.82, 2.24) is 10.6 Å². The maximum Gasteiger partial charge on any atom is 0.407 e. The van der Waals surface area contributed by atoms with E-state index < -0.39 is 12.1 Å². The molecule has 0 saturated heterocycles. The van der Waals surface area contributed by atoms with Crippen molar-refractivity contribution in [3.05, 3.63) is 59.7 Å². The number of benzene rings is 2. The third-order valence-electron chi connectivity index (χ3n) is 7.30. The van der Waals surface area contributed by atoms with Gasteiger partial charge in [0.15, 0.2) is 0 Å². The van der Waals surface area contributed by atoms with E-state index in [0.29, 0.717) is 6.42 Å². The number of ether oxygens (including phenoxy) is 1. The second-order valence-electron chi connectivity index (χ2n) is 9.60. The average molecular weight is 479 g/mol. The van der Waals surface area contributed by atoms with Gasteiger partial charge < -0.3 is 20.5 Å². The number of nitrogens with one attached hydrogen (secondary N) is 2. The summed E-state index contributed by atoms with van der Waals surface area (Å²) in [6, 6.07) is 15.6. The first-order valence-electron chi connectivity index (χ1n) is 12.6. The van der Waals surface area contributed by atoms with Gasteiger partial charge in [-0.15, -0.1) is 0 Å². The summed E-state index contributed by atoms with van der Waals surface area (Å²) in [5, 5.41) is 15.0. The lowest BCUT2D eigenvalue weighted by molar-refractivity contribution is -0.138. The van der Waals surface area contributed by atoms with Crippen molar-refractivity contribution in [2.75, 3.05) is 6.61 Å². The Kier molecular flexibility index (Phi) is 8.06. The van der Waals surface area contributed by atoms with Gasteiger partial charge in [0, 0.05) is 24.4 Å². The van der Waals surface area contributed by atoms with Crippen LogP contribution in [0.4, 0.5) is 4.79 Å². The van der Waals surface area contributed by atoms with Crippen molar-refractivity contribution in [2.45, 2.75) is 69.9 Å². The highest BCUT2D eigenvalue weighted by molar-refractivity contribution is 5.80. The van der Waals surface area contributed by atoms with E-state index in [0.717, 1.165) is 36.8 Å². The Hall–Kier alpha value is -3.35. The van der Waals surface area contributed by atoms with Crippen LogP contribution >= 0.6 is 0 Å². The molecule has 1 unspecified atom stereocenters. The highest BCUT2D eigenvalue weighted by Crippen LogP contribution is 2.44. The lowest BCUT2D eigenvalue weighted by Gasteiger charge is -2.25. The SMILES string of the molecule is CC[C@H](CC(=O)NC(CC(=O)O)C1CCCC1)NC(=O)OCC1c2ccccc2-c2ccccc21. The number of carboxylic acid groups (broad SMARTS) is 1. The molecule has 2 atom stereocenters. The van der Waals surface area contributed by atoms with Gasteiger partial charge >= 0.3 is 12.1 Å². The van der Waals surface area contributed by atoms with Crippen LogP contribution in [0.1, 0.15) is 68.9 Å². The van der Waals surface area contributed by atoms with Crippen LogP contribution < -0.4 is 10.6 Å². The molecular weight excluding hydrogens is 444 g/mol. The molecule has 0 heterocycles. The van der Waals surface area contributed by atoms with E-state index in [1.807, 2.05) is 31.2 Å². The molecule has 3 N–H and O–H groups in total. The Labute approximate surface area is 206 Å². The van der Waals surface area contributed by atoms with E-state index >= 15 is 0 Å². The van der Waals surface area contributed by atoms with Crippen LogP contribution in [0.25, 0.3) is 11.1 Å². The summed E-state index contributed by atoms with van der Waals surface area (Å²) in [7, 11) is 0. The van der Waals surface area contributed by atoms with Crippen molar-refractivity contribution in [1.29, 1.82) is 0 Å². The van der Waals surface area contributed by atoms with Crippen molar-refractivity contribution in [3.8, 4) is 11.1 Å². The van der Waals surface area contributed by atoms with Gasteiger partial charge in [-0.25, -0.2) is 4.79 Å². The van der Waals surface area contributed by atoms with Crippen LogP contribution in [-0.2, 0) is 14.3 Å². The number of alkyl carbamates (subject to hydrolysis) is 1. The summed E-state index contributed by atoms with van der Waals surface area (Å²) in [6.45, 7) is 2.11. The molecule has 2 aliphatic carbocycles. The molecule has 2 amide bonds. The standard InChI is InChI=1S/C28H34N2O5/c1-2-19(15-26(31)30-25(16-27(32)33)18-9-3-4-10-18)29-28(34)35-17-24-22-13-7-5-11-20(22)21-12-6-8-14-23(21)24/h5-8,11-14,18-19,24-25H,2-4,9-10,15-17H2,1H3,(H,29,34)(H,30,31)(H,32,33)/t19-,25?/m1/s1. The third-order valence-corrected chi connectivity index (χ3v) is 7.30. The van der Waals surface area contributed by atoms with E-state index in [4.69, 9.17) is 4.74 Å². The Morgan fingerprint density at radius 3 is 2.11 bits per heavy atom.